The third-order valence-corrected chi connectivity index (χ3v) is 4.89. The summed E-state index contributed by atoms with van der Waals surface area (Å²) in [7, 11) is 0. The third-order valence-electron chi connectivity index (χ3n) is 4.89. The first-order valence-corrected chi connectivity index (χ1v) is 9.67. The van der Waals surface area contributed by atoms with E-state index in [-0.39, 0.29) is 0 Å². The van der Waals surface area contributed by atoms with Gasteiger partial charge in [0, 0.05) is 35.7 Å². The topological polar surface area (TPSA) is 37.0 Å². The average Bonchev–Trinajstić information content (AvgIpc) is 2.73. The molecule has 0 bridgehead atoms. The van der Waals surface area contributed by atoms with Crippen molar-refractivity contribution in [3.05, 3.63) is 84.7 Å². The fourth-order valence-electron chi connectivity index (χ4n) is 3.51. The van der Waals surface area contributed by atoms with E-state index in [1.807, 2.05) is 18.3 Å². The van der Waals surface area contributed by atoms with Crippen LogP contribution in [0, 0.1) is 0 Å². The number of unbranched alkanes of at least 4 members (excludes halogenated alkanes) is 1. The quantitative estimate of drug-likeness (QED) is 0.329. The highest BCUT2D eigenvalue weighted by atomic mass is 14.9. The van der Waals surface area contributed by atoms with Crippen molar-refractivity contribution in [1.29, 1.82) is 0 Å². The predicted octanol–water partition coefficient (Wildman–Crippen LogP) is 5.37. The van der Waals surface area contributed by atoms with Crippen molar-refractivity contribution in [2.24, 2.45) is 0 Å². The second-order valence-corrected chi connectivity index (χ2v) is 6.83. The van der Waals surface area contributed by atoms with Crippen molar-refractivity contribution in [3.8, 4) is 0 Å². The molecule has 2 N–H and O–H groups in total. The zero-order chi connectivity index (χ0) is 18.3. The second kappa shape index (κ2) is 8.65. The van der Waals surface area contributed by atoms with E-state index in [1.54, 1.807) is 0 Å². The Kier molecular flexibility index (Phi) is 5.61. The maximum atomic E-state index is 4.34. The lowest BCUT2D eigenvalue weighted by molar-refractivity contribution is 0.626. The van der Waals surface area contributed by atoms with Gasteiger partial charge in [0.1, 0.15) is 0 Å². The Morgan fingerprint density at radius 3 is 2.07 bits per heavy atom. The summed E-state index contributed by atoms with van der Waals surface area (Å²) in [5, 5.41) is 12.3. The standard InChI is InChI=1S/C24H25N3/c1-3-12-22-19(9-1)17-20-10-2-4-13-23(20)24(22)27-16-8-7-14-25-18-21-11-5-6-15-26-21/h1-6,9-13,15,17,25,27H,7-8,14,16,18H2. The minimum Gasteiger partial charge on any atom is -0.384 e. The van der Waals surface area contributed by atoms with Gasteiger partial charge in [-0.1, -0.05) is 54.6 Å². The summed E-state index contributed by atoms with van der Waals surface area (Å²) in [5.41, 5.74) is 2.35. The van der Waals surface area contributed by atoms with Gasteiger partial charge >= 0.3 is 0 Å². The molecule has 0 amide bonds. The van der Waals surface area contributed by atoms with Crippen molar-refractivity contribution in [2.75, 3.05) is 18.4 Å². The van der Waals surface area contributed by atoms with Crippen molar-refractivity contribution in [1.82, 2.24) is 10.3 Å². The number of rotatable bonds is 8. The van der Waals surface area contributed by atoms with Crippen LogP contribution in [-0.2, 0) is 6.54 Å². The van der Waals surface area contributed by atoms with E-state index in [0.717, 1.165) is 38.2 Å². The van der Waals surface area contributed by atoms with Crippen LogP contribution in [0.25, 0.3) is 21.5 Å². The monoisotopic (exact) mass is 355 g/mol. The zero-order valence-corrected chi connectivity index (χ0v) is 15.5. The Bertz CT molecular complexity index is 958. The van der Waals surface area contributed by atoms with Crippen LogP contribution >= 0.6 is 0 Å². The van der Waals surface area contributed by atoms with Crippen LogP contribution in [0.5, 0.6) is 0 Å². The van der Waals surface area contributed by atoms with E-state index in [9.17, 15) is 0 Å². The molecule has 0 saturated carbocycles. The molecule has 3 nitrogen and oxygen atoms in total. The van der Waals surface area contributed by atoms with Gasteiger partial charge in [0.15, 0.2) is 0 Å². The molecule has 0 aliphatic rings. The smallest absolute Gasteiger partial charge is 0.0541 e. The molecule has 4 rings (SSSR count). The van der Waals surface area contributed by atoms with E-state index in [2.05, 4.69) is 76.3 Å². The van der Waals surface area contributed by atoms with E-state index < -0.39 is 0 Å². The van der Waals surface area contributed by atoms with Crippen molar-refractivity contribution < 1.29 is 0 Å². The molecule has 0 saturated heterocycles. The van der Waals surface area contributed by atoms with Crippen LogP contribution in [0.3, 0.4) is 0 Å². The SMILES string of the molecule is c1ccc(CNCCCCNc2c3ccccc3cc3ccccc23)nc1. The molecule has 0 unspecified atom stereocenters. The molecule has 0 radical (unpaired) electrons. The van der Waals surface area contributed by atoms with E-state index in [4.69, 9.17) is 0 Å². The van der Waals surface area contributed by atoms with Crippen LogP contribution in [-0.4, -0.2) is 18.1 Å². The number of fused-ring (bicyclic) bond motifs is 2. The molecule has 0 spiro atoms. The number of aromatic nitrogens is 1. The maximum absolute atomic E-state index is 4.34. The summed E-state index contributed by atoms with van der Waals surface area (Å²) >= 11 is 0. The summed E-state index contributed by atoms with van der Waals surface area (Å²) in [6.07, 6.45) is 4.12. The number of nitrogens with one attached hydrogen (secondary N) is 2. The Hall–Kier alpha value is -2.91. The van der Waals surface area contributed by atoms with Gasteiger partial charge in [0.05, 0.1) is 5.69 Å². The molecule has 1 aromatic heterocycles. The molecule has 27 heavy (non-hydrogen) atoms. The van der Waals surface area contributed by atoms with Gasteiger partial charge in [0.25, 0.3) is 0 Å². The van der Waals surface area contributed by atoms with Gasteiger partial charge in [-0.2, -0.15) is 0 Å². The molecule has 1 heterocycles. The van der Waals surface area contributed by atoms with Gasteiger partial charge in [-0.05, 0) is 48.4 Å². The lowest BCUT2D eigenvalue weighted by atomic mass is 10.0. The summed E-state index contributed by atoms with van der Waals surface area (Å²) in [5.74, 6) is 0. The van der Waals surface area contributed by atoms with E-state index >= 15 is 0 Å². The Morgan fingerprint density at radius 2 is 1.37 bits per heavy atom. The second-order valence-electron chi connectivity index (χ2n) is 6.83. The van der Waals surface area contributed by atoms with Crippen LogP contribution in [0.2, 0.25) is 0 Å². The molecule has 3 heteroatoms. The molecular weight excluding hydrogens is 330 g/mol. The number of hydrogen-bond donors (Lipinski definition) is 2. The first kappa shape index (κ1) is 17.5. The lowest BCUT2D eigenvalue weighted by Crippen LogP contribution is -2.16. The number of anilines is 1. The lowest BCUT2D eigenvalue weighted by Gasteiger charge is -2.14. The zero-order valence-electron chi connectivity index (χ0n) is 15.5. The maximum Gasteiger partial charge on any atom is 0.0541 e. The van der Waals surface area contributed by atoms with Crippen LogP contribution in [0.1, 0.15) is 18.5 Å². The first-order valence-electron chi connectivity index (χ1n) is 9.67. The molecule has 0 aliphatic carbocycles. The number of nitrogens with zero attached hydrogens (tertiary/aromatic N) is 1. The van der Waals surface area contributed by atoms with E-state index in [0.29, 0.717) is 0 Å². The van der Waals surface area contributed by atoms with Crippen LogP contribution in [0.15, 0.2) is 79.0 Å². The molecule has 136 valence electrons. The van der Waals surface area contributed by atoms with Crippen molar-refractivity contribution in [3.63, 3.8) is 0 Å². The molecule has 0 fully saturated rings. The highest BCUT2D eigenvalue weighted by Crippen LogP contribution is 2.32. The Morgan fingerprint density at radius 1 is 0.704 bits per heavy atom. The van der Waals surface area contributed by atoms with E-state index in [1.165, 1.54) is 27.2 Å². The van der Waals surface area contributed by atoms with Crippen LogP contribution in [0.4, 0.5) is 5.69 Å². The van der Waals surface area contributed by atoms with Crippen molar-refractivity contribution >= 4 is 27.2 Å². The van der Waals surface area contributed by atoms with Gasteiger partial charge in [0.2, 0.25) is 0 Å². The van der Waals surface area contributed by atoms with Gasteiger partial charge in [-0.3, -0.25) is 4.98 Å². The molecule has 3 aromatic carbocycles. The number of pyridine rings is 1. The summed E-state index contributed by atoms with van der Waals surface area (Å²) in [6, 6.07) is 25.5. The predicted molar refractivity (Wildman–Crippen MR) is 115 cm³/mol. The number of hydrogen-bond acceptors (Lipinski definition) is 3. The minimum atomic E-state index is 0.836. The van der Waals surface area contributed by atoms with Crippen molar-refractivity contribution in [2.45, 2.75) is 19.4 Å². The fraction of sp³-hybridized carbons (Fsp3) is 0.208. The third kappa shape index (κ3) is 4.26. The average molecular weight is 355 g/mol. The van der Waals surface area contributed by atoms with Gasteiger partial charge < -0.3 is 10.6 Å². The van der Waals surface area contributed by atoms with Crippen LogP contribution < -0.4 is 10.6 Å². The highest BCUT2D eigenvalue weighted by Gasteiger charge is 2.06. The summed E-state index contributed by atoms with van der Waals surface area (Å²) in [6.45, 7) is 2.82. The summed E-state index contributed by atoms with van der Waals surface area (Å²) < 4.78 is 0. The number of benzene rings is 3. The summed E-state index contributed by atoms with van der Waals surface area (Å²) in [4.78, 5) is 4.34. The fourth-order valence-corrected chi connectivity index (χ4v) is 3.51. The Labute approximate surface area is 160 Å². The highest BCUT2D eigenvalue weighted by molar-refractivity contribution is 6.10. The minimum absolute atomic E-state index is 0.836. The molecule has 0 atom stereocenters. The van der Waals surface area contributed by atoms with Gasteiger partial charge in [-0.15, -0.1) is 0 Å². The normalized spacial score (nSPS) is 11.1. The Balaban J connectivity index is 1.34. The first-order chi connectivity index (χ1) is 13.4. The molecule has 0 aliphatic heterocycles. The largest absolute Gasteiger partial charge is 0.384 e. The molecule has 4 aromatic rings. The van der Waals surface area contributed by atoms with Gasteiger partial charge in [-0.25, -0.2) is 0 Å². The molecular formula is C24H25N3.